The van der Waals surface area contributed by atoms with E-state index in [2.05, 4.69) is 27.7 Å². The lowest BCUT2D eigenvalue weighted by atomic mass is 10.0. The number of carbonyl (C=O) groups excluding carboxylic acids is 3. The highest BCUT2D eigenvalue weighted by Gasteiger charge is 2.19. The summed E-state index contributed by atoms with van der Waals surface area (Å²) in [6.45, 7) is 9.05. The maximum absolute atomic E-state index is 12.8. The van der Waals surface area contributed by atoms with Gasteiger partial charge in [-0.3, -0.25) is 14.4 Å². The van der Waals surface area contributed by atoms with E-state index in [1.165, 1.54) is 225 Å². The molecule has 0 aliphatic rings. The molecule has 0 spiro atoms. The van der Waals surface area contributed by atoms with Gasteiger partial charge in [-0.15, -0.1) is 0 Å². The highest BCUT2D eigenvalue weighted by molar-refractivity contribution is 5.71. The molecule has 0 N–H and O–H groups in total. The fourth-order valence-corrected chi connectivity index (χ4v) is 8.92. The van der Waals surface area contributed by atoms with Crippen molar-refractivity contribution >= 4 is 17.9 Å². The minimum atomic E-state index is -0.762. The van der Waals surface area contributed by atoms with Crippen LogP contribution < -0.4 is 0 Å². The zero-order valence-corrected chi connectivity index (χ0v) is 43.8. The van der Waals surface area contributed by atoms with Gasteiger partial charge in [-0.1, -0.05) is 291 Å². The van der Waals surface area contributed by atoms with Gasteiger partial charge in [0.15, 0.2) is 6.10 Å². The first-order valence-corrected chi connectivity index (χ1v) is 28.9. The molecular weight excluding hydrogens is 793 g/mol. The molecule has 0 heterocycles. The summed E-state index contributed by atoms with van der Waals surface area (Å²) in [7, 11) is 0. The standard InChI is InChI=1S/C58H112O6/c1-5-7-9-11-13-15-17-19-21-22-23-24-26-30-34-38-42-46-50-57(60)63-53-55(64-58(61)51-47-43-39-35-31-27-28-32-36-40-44-48-54(3)4)52-62-56(59)49-45-41-37-33-29-25-20-18-16-14-12-10-8-6-2/h54-55H,5-53H2,1-4H3/t55-/m1/s1. The monoisotopic (exact) mass is 905 g/mol. The molecule has 0 aromatic rings. The van der Waals surface area contributed by atoms with Gasteiger partial charge >= 0.3 is 17.9 Å². The molecule has 0 aromatic carbocycles. The van der Waals surface area contributed by atoms with Crippen LogP contribution in [0.1, 0.15) is 329 Å². The summed E-state index contributed by atoms with van der Waals surface area (Å²) in [5.74, 6) is -0.0113. The first-order chi connectivity index (χ1) is 31.4. The zero-order valence-electron chi connectivity index (χ0n) is 43.8. The van der Waals surface area contributed by atoms with Crippen molar-refractivity contribution in [3.63, 3.8) is 0 Å². The van der Waals surface area contributed by atoms with Crippen LogP contribution in [0, 0.1) is 5.92 Å². The van der Waals surface area contributed by atoms with Crippen LogP contribution in [0.15, 0.2) is 0 Å². The molecule has 6 heteroatoms. The third-order valence-corrected chi connectivity index (χ3v) is 13.3. The van der Waals surface area contributed by atoms with Gasteiger partial charge in [0.25, 0.3) is 0 Å². The van der Waals surface area contributed by atoms with Gasteiger partial charge in [0.1, 0.15) is 13.2 Å². The van der Waals surface area contributed by atoms with Crippen molar-refractivity contribution in [3.05, 3.63) is 0 Å². The lowest BCUT2D eigenvalue weighted by molar-refractivity contribution is -0.167. The van der Waals surface area contributed by atoms with E-state index in [-0.39, 0.29) is 31.1 Å². The van der Waals surface area contributed by atoms with Gasteiger partial charge in [0.2, 0.25) is 0 Å². The Bertz CT molecular complexity index is 964. The number of rotatable bonds is 53. The third kappa shape index (κ3) is 51.4. The maximum atomic E-state index is 12.8. The molecule has 380 valence electrons. The van der Waals surface area contributed by atoms with E-state index < -0.39 is 6.10 Å². The number of unbranched alkanes of at least 4 members (excludes halogenated alkanes) is 40. The van der Waals surface area contributed by atoms with Crippen LogP contribution in [0.25, 0.3) is 0 Å². The molecule has 0 radical (unpaired) electrons. The third-order valence-electron chi connectivity index (χ3n) is 13.3. The highest BCUT2D eigenvalue weighted by atomic mass is 16.6. The molecule has 0 amide bonds. The summed E-state index contributed by atoms with van der Waals surface area (Å²) < 4.78 is 16.9. The number of hydrogen-bond acceptors (Lipinski definition) is 6. The van der Waals surface area contributed by atoms with E-state index >= 15 is 0 Å². The molecule has 0 aliphatic carbocycles. The van der Waals surface area contributed by atoms with E-state index in [0.29, 0.717) is 19.3 Å². The lowest BCUT2D eigenvalue weighted by Gasteiger charge is -2.18. The maximum Gasteiger partial charge on any atom is 0.306 e. The van der Waals surface area contributed by atoms with Gasteiger partial charge in [0.05, 0.1) is 0 Å². The summed E-state index contributed by atoms with van der Waals surface area (Å²) in [5.41, 5.74) is 0. The minimum absolute atomic E-state index is 0.0620. The summed E-state index contributed by atoms with van der Waals surface area (Å²) in [6, 6.07) is 0. The van der Waals surface area contributed by atoms with E-state index in [0.717, 1.165) is 63.7 Å². The predicted octanol–water partition coefficient (Wildman–Crippen LogP) is 19.0. The molecule has 1 atom stereocenters. The van der Waals surface area contributed by atoms with E-state index in [1.807, 2.05) is 0 Å². The Balaban J connectivity index is 4.28. The second-order valence-electron chi connectivity index (χ2n) is 20.4. The van der Waals surface area contributed by atoms with E-state index in [4.69, 9.17) is 14.2 Å². The summed E-state index contributed by atoms with van der Waals surface area (Å²) >= 11 is 0. The van der Waals surface area contributed by atoms with Gasteiger partial charge < -0.3 is 14.2 Å². The predicted molar refractivity (Wildman–Crippen MR) is 275 cm³/mol. The average Bonchev–Trinajstić information content (AvgIpc) is 3.28. The summed E-state index contributed by atoms with van der Waals surface area (Å²) in [5, 5.41) is 0. The molecule has 0 aromatic heterocycles. The van der Waals surface area contributed by atoms with Crippen LogP contribution in [0.3, 0.4) is 0 Å². The quantitative estimate of drug-likeness (QED) is 0.0344. The second-order valence-corrected chi connectivity index (χ2v) is 20.4. The molecule has 0 saturated carbocycles. The molecule has 0 saturated heterocycles. The summed E-state index contributed by atoms with van der Waals surface area (Å²) in [6.07, 6.45) is 56.6. The SMILES string of the molecule is CCCCCCCCCCCCCCCCCCCCC(=O)OC[C@@H](COC(=O)CCCCCCCCCCCCCCCC)OC(=O)CCCCCCCCCCCCCC(C)C. The van der Waals surface area contributed by atoms with Gasteiger partial charge in [-0.2, -0.15) is 0 Å². The van der Waals surface area contributed by atoms with E-state index in [9.17, 15) is 14.4 Å². The van der Waals surface area contributed by atoms with Crippen LogP contribution in [-0.2, 0) is 28.6 Å². The molecule has 0 rings (SSSR count). The average molecular weight is 906 g/mol. The highest BCUT2D eigenvalue weighted by Crippen LogP contribution is 2.18. The molecule has 0 aliphatic heterocycles. The number of hydrogen-bond donors (Lipinski definition) is 0. The molecule has 0 fully saturated rings. The van der Waals surface area contributed by atoms with Gasteiger partial charge in [0, 0.05) is 19.3 Å². The first-order valence-electron chi connectivity index (χ1n) is 28.9. The van der Waals surface area contributed by atoms with Gasteiger partial charge in [-0.05, 0) is 25.2 Å². The van der Waals surface area contributed by atoms with E-state index in [1.54, 1.807) is 0 Å². The van der Waals surface area contributed by atoms with Crippen LogP contribution in [0.5, 0.6) is 0 Å². The molecule has 0 bridgehead atoms. The summed E-state index contributed by atoms with van der Waals surface area (Å²) in [4.78, 5) is 38.1. The Kier molecular flexibility index (Phi) is 51.1. The van der Waals surface area contributed by atoms with Crippen LogP contribution in [-0.4, -0.2) is 37.2 Å². The Morgan fingerprint density at radius 3 is 0.766 bits per heavy atom. The second kappa shape index (κ2) is 52.4. The van der Waals surface area contributed by atoms with Crippen molar-refractivity contribution in [2.24, 2.45) is 5.92 Å². The van der Waals surface area contributed by atoms with Crippen molar-refractivity contribution in [2.45, 2.75) is 336 Å². The van der Waals surface area contributed by atoms with Crippen molar-refractivity contribution < 1.29 is 28.6 Å². The normalized spacial score (nSPS) is 12.0. The fraction of sp³-hybridized carbons (Fsp3) is 0.948. The Morgan fingerprint density at radius 2 is 0.516 bits per heavy atom. The minimum Gasteiger partial charge on any atom is -0.462 e. The molecule has 6 nitrogen and oxygen atoms in total. The van der Waals surface area contributed by atoms with Crippen molar-refractivity contribution in [1.29, 1.82) is 0 Å². The number of carbonyl (C=O) groups is 3. The lowest BCUT2D eigenvalue weighted by Crippen LogP contribution is -2.30. The van der Waals surface area contributed by atoms with Gasteiger partial charge in [-0.25, -0.2) is 0 Å². The number of ether oxygens (including phenoxy) is 3. The Hall–Kier alpha value is -1.59. The fourth-order valence-electron chi connectivity index (χ4n) is 8.92. The largest absolute Gasteiger partial charge is 0.462 e. The zero-order chi connectivity index (χ0) is 46.7. The van der Waals surface area contributed by atoms with Crippen LogP contribution in [0.4, 0.5) is 0 Å². The van der Waals surface area contributed by atoms with Crippen molar-refractivity contribution in [1.82, 2.24) is 0 Å². The molecule has 0 unspecified atom stereocenters. The van der Waals surface area contributed by atoms with Crippen molar-refractivity contribution in [3.8, 4) is 0 Å². The van der Waals surface area contributed by atoms with Crippen LogP contribution in [0.2, 0.25) is 0 Å². The first kappa shape index (κ1) is 62.4. The Labute approximate surface area is 399 Å². The number of esters is 3. The molecule has 64 heavy (non-hydrogen) atoms. The van der Waals surface area contributed by atoms with Crippen LogP contribution >= 0.6 is 0 Å². The smallest absolute Gasteiger partial charge is 0.306 e. The van der Waals surface area contributed by atoms with Crippen molar-refractivity contribution in [2.75, 3.05) is 13.2 Å². The molecular formula is C58H112O6. The Morgan fingerprint density at radius 1 is 0.297 bits per heavy atom. The topological polar surface area (TPSA) is 78.9 Å².